The van der Waals surface area contributed by atoms with Crippen molar-refractivity contribution in [3.63, 3.8) is 0 Å². The maximum absolute atomic E-state index is 4.11. The molecule has 1 aliphatic rings. The minimum atomic E-state index is 0.635. The fraction of sp³-hybridized carbons (Fsp3) is 0.800. The van der Waals surface area contributed by atoms with Crippen LogP contribution in [0.25, 0.3) is 0 Å². The van der Waals surface area contributed by atoms with E-state index in [0.29, 0.717) is 6.04 Å². The van der Waals surface area contributed by atoms with Crippen LogP contribution in [-0.4, -0.2) is 46.1 Å². The van der Waals surface area contributed by atoms with Gasteiger partial charge in [0.1, 0.15) is 0 Å². The number of piperidine rings is 1. The molecule has 0 spiro atoms. The number of likely N-dealkylation sites (tertiary alicyclic amines) is 1. The van der Waals surface area contributed by atoms with Gasteiger partial charge < -0.3 is 5.32 Å². The number of nitrogens with one attached hydrogen (secondary N) is 1. The predicted molar refractivity (Wildman–Crippen MR) is 58.4 cm³/mol. The van der Waals surface area contributed by atoms with Crippen LogP contribution in [0, 0.1) is 0 Å². The van der Waals surface area contributed by atoms with E-state index in [1.54, 1.807) is 4.68 Å². The molecule has 2 rings (SSSR count). The van der Waals surface area contributed by atoms with Crippen LogP contribution < -0.4 is 5.32 Å². The van der Waals surface area contributed by atoms with Gasteiger partial charge in [-0.25, -0.2) is 0 Å². The van der Waals surface area contributed by atoms with Gasteiger partial charge in [0.2, 0.25) is 0 Å². The molecule has 5 heteroatoms. The first-order valence-electron chi connectivity index (χ1n) is 5.53. The maximum atomic E-state index is 4.11. The Kier molecular flexibility index (Phi) is 3.33. The molecule has 1 unspecified atom stereocenters. The fourth-order valence-electron chi connectivity index (χ4n) is 2.13. The minimum absolute atomic E-state index is 0.635. The van der Waals surface area contributed by atoms with E-state index in [2.05, 4.69) is 20.5 Å². The molecule has 0 aliphatic carbocycles. The molecule has 84 valence electrons. The third-order valence-corrected chi connectivity index (χ3v) is 2.95. The van der Waals surface area contributed by atoms with Gasteiger partial charge in [0.05, 0.1) is 5.69 Å². The van der Waals surface area contributed by atoms with Crippen molar-refractivity contribution >= 4 is 0 Å². The van der Waals surface area contributed by atoms with Crippen LogP contribution in [0.3, 0.4) is 0 Å². The summed E-state index contributed by atoms with van der Waals surface area (Å²) in [6.45, 7) is 3.22. The highest BCUT2D eigenvalue weighted by Crippen LogP contribution is 2.11. The minimum Gasteiger partial charge on any atom is -0.316 e. The summed E-state index contributed by atoms with van der Waals surface area (Å²) in [5.74, 6) is 0. The number of aromatic nitrogens is 3. The van der Waals surface area contributed by atoms with Crippen LogP contribution in [0.2, 0.25) is 0 Å². The number of nitrogens with zero attached hydrogens (tertiary/aromatic N) is 4. The summed E-state index contributed by atoms with van der Waals surface area (Å²) in [5, 5.41) is 11.4. The molecule has 0 bridgehead atoms. The largest absolute Gasteiger partial charge is 0.316 e. The monoisotopic (exact) mass is 209 g/mol. The highest BCUT2D eigenvalue weighted by molar-refractivity contribution is 4.93. The molecule has 1 aliphatic heterocycles. The molecule has 1 aromatic heterocycles. The third kappa shape index (κ3) is 2.76. The second-order valence-corrected chi connectivity index (χ2v) is 4.25. The van der Waals surface area contributed by atoms with Gasteiger partial charge in [0, 0.05) is 32.4 Å². The van der Waals surface area contributed by atoms with Crippen LogP contribution in [0.15, 0.2) is 6.20 Å². The van der Waals surface area contributed by atoms with Crippen molar-refractivity contribution < 1.29 is 0 Å². The highest BCUT2D eigenvalue weighted by atomic mass is 15.4. The summed E-state index contributed by atoms with van der Waals surface area (Å²) in [6, 6.07) is 0.635. The van der Waals surface area contributed by atoms with Gasteiger partial charge in [-0.1, -0.05) is 5.21 Å². The molecule has 0 aromatic carbocycles. The van der Waals surface area contributed by atoms with E-state index in [9.17, 15) is 0 Å². The molecule has 15 heavy (non-hydrogen) atoms. The molecular formula is C10H19N5. The van der Waals surface area contributed by atoms with Crippen molar-refractivity contribution in [1.82, 2.24) is 25.2 Å². The molecule has 0 radical (unpaired) electrons. The Morgan fingerprint density at radius 3 is 3.13 bits per heavy atom. The normalized spacial score (nSPS) is 23.2. The summed E-state index contributed by atoms with van der Waals surface area (Å²) < 4.78 is 1.76. The highest BCUT2D eigenvalue weighted by Gasteiger charge is 2.18. The van der Waals surface area contributed by atoms with Crippen LogP contribution in [0.1, 0.15) is 18.5 Å². The van der Waals surface area contributed by atoms with E-state index in [1.165, 1.54) is 19.4 Å². The first-order chi connectivity index (χ1) is 7.28. The van der Waals surface area contributed by atoms with Gasteiger partial charge in [0.25, 0.3) is 0 Å². The predicted octanol–water partition coefficient (Wildman–Crippen LogP) is -0.00110. The molecule has 1 aromatic rings. The Labute approximate surface area is 90.5 Å². The Bertz CT molecular complexity index is 309. The second kappa shape index (κ2) is 4.72. The molecule has 1 saturated heterocycles. The zero-order chi connectivity index (χ0) is 10.7. The fourth-order valence-corrected chi connectivity index (χ4v) is 2.13. The average Bonchev–Trinajstić information content (AvgIpc) is 2.64. The Morgan fingerprint density at radius 2 is 2.47 bits per heavy atom. The van der Waals surface area contributed by atoms with Crippen molar-refractivity contribution in [2.75, 3.05) is 20.1 Å². The van der Waals surface area contributed by atoms with E-state index in [0.717, 1.165) is 18.8 Å². The summed E-state index contributed by atoms with van der Waals surface area (Å²) in [4.78, 5) is 2.44. The summed E-state index contributed by atoms with van der Waals surface area (Å²) >= 11 is 0. The van der Waals surface area contributed by atoms with Crippen molar-refractivity contribution in [2.24, 2.45) is 7.05 Å². The number of hydrogen-bond donors (Lipinski definition) is 1. The summed E-state index contributed by atoms with van der Waals surface area (Å²) in [7, 11) is 3.94. The maximum Gasteiger partial charge on any atom is 0.0967 e. The first kappa shape index (κ1) is 10.6. The van der Waals surface area contributed by atoms with E-state index in [4.69, 9.17) is 0 Å². The molecule has 1 N–H and O–H groups in total. The topological polar surface area (TPSA) is 46.0 Å². The van der Waals surface area contributed by atoms with E-state index in [1.807, 2.05) is 20.3 Å². The molecule has 2 heterocycles. The molecule has 1 fully saturated rings. The first-order valence-corrected chi connectivity index (χ1v) is 5.53. The van der Waals surface area contributed by atoms with Crippen molar-refractivity contribution in [1.29, 1.82) is 0 Å². The summed E-state index contributed by atoms with van der Waals surface area (Å²) in [5.41, 5.74) is 1.06. The lowest BCUT2D eigenvalue weighted by atomic mass is 10.1. The van der Waals surface area contributed by atoms with Gasteiger partial charge in [-0.2, -0.15) is 0 Å². The lowest BCUT2D eigenvalue weighted by molar-refractivity contribution is 0.186. The smallest absolute Gasteiger partial charge is 0.0967 e. The van der Waals surface area contributed by atoms with Gasteiger partial charge in [0.15, 0.2) is 0 Å². The Balaban J connectivity index is 1.88. The van der Waals surface area contributed by atoms with Crippen molar-refractivity contribution in [3.05, 3.63) is 11.9 Å². The Hall–Kier alpha value is -0.940. The molecule has 0 saturated carbocycles. The number of rotatable bonds is 3. The van der Waals surface area contributed by atoms with Gasteiger partial charge in [-0.3, -0.25) is 9.58 Å². The van der Waals surface area contributed by atoms with Gasteiger partial charge in [-0.15, -0.1) is 5.10 Å². The second-order valence-electron chi connectivity index (χ2n) is 4.25. The molecule has 5 nitrogen and oxygen atoms in total. The van der Waals surface area contributed by atoms with Crippen LogP contribution in [0.4, 0.5) is 0 Å². The van der Waals surface area contributed by atoms with Crippen LogP contribution in [-0.2, 0) is 13.6 Å². The standard InChI is InChI=1S/C10H19N5/c1-11-9-4-3-5-15(7-9)8-10-6-14(2)13-12-10/h6,9,11H,3-5,7-8H2,1-2H3. The lowest BCUT2D eigenvalue weighted by Crippen LogP contribution is -2.43. The zero-order valence-electron chi connectivity index (χ0n) is 9.48. The third-order valence-electron chi connectivity index (χ3n) is 2.95. The van der Waals surface area contributed by atoms with Crippen molar-refractivity contribution in [2.45, 2.75) is 25.4 Å². The van der Waals surface area contributed by atoms with E-state index >= 15 is 0 Å². The lowest BCUT2D eigenvalue weighted by Gasteiger charge is -2.31. The van der Waals surface area contributed by atoms with Crippen LogP contribution in [0.5, 0.6) is 0 Å². The van der Waals surface area contributed by atoms with Crippen LogP contribution >= 0.6 is 0 Å². The quantitative estimate of drug-likeness (QED) is 0.761. The summed E-state index contributed by atoms with van der Waals surface area (Å²) in [6.07, 6.45) is 4.54. The van der Waals surface area contributed by atoms with Gasteiger partial charge >= 0.3 is 0 Å². The Morgan fingerprint density at radius 1 is 1.60 bits per heavy atom. The van der Waals surface area contributed by atoms with Crippen molar-refractivity contribution in [3.8, 4) is 0 Å². The zero-order valence-corrected chi connectivity index (χ0v) is 9.48. The molecule has 0 amide bonds. The van der Waals surface area contributed by atoms with E-state index < -0.39 is 0 Å². The number of likely N-dealkylation sites (N-methyl/N-ethyl adjacent to an activating group) is 1. The number of aryl methyl sites for hydroxylation is 1. The van der Waals surface area contributed by atoms with E-state index in [-0.39, 0.29) is 0 Å². The average molecular weight is 209 g/mol. The molecule has 1 atom stereocenters. The van der Waals surface area contributed by atoms with Gasteiger partial charge in [-0.05, 0) is 26.4 Å². The SMILES string of the molecule is CNC1CCCN(Cc2cn(C)nn2)C1. The number of hydrogen-bond acceptors (Lipinski definition) is 4. The molecular weight excluding hydrogens is 190 g/mol.